The number of hydrogen-bond acceptors (Lipinski definition) is 4. The lowest BCUT2D eigenvalue weighted by Crippen LogP contribution is -2.52. The van der Waals surface area contributed by atoms with E-state index >= 15 is 0 Å². The number of amides is 1. The number of benzene rings is 1. The number of hydrogen-bond donors (Lipinski definition) is 2. The first-order valence-electron chi connectivity index (χ1n) is 7.17. The normalized spacial score (nSPS) is 23.9. The fraction of sp³-hybridized carbons (Fsp3) is 0.438. The lowest BCUT2D eigenvalue weighted by molar-refractivity contribution is -0.125. The number of carbonyl (C=O) groups excluding carboxylic acids is 1. The Kier molecular flexibility index (Phi) is 5.50. The zero-order valence-electron chi connectivity index (χ0n) is 13.3. The number of nitrogens with one attached hydrogen (secondary N) is 2. The van der Waals surface area contributed by atoms with E-state index in [1.807, 2.05) is 32.0 Å². The van der Waals surface area contributed by atoms with Crippen LogP contribution in [0.2, 0.25) is 0 Å². The molecule has 0 radical (unpaired) electrons. The maximum absolute atomic E-state index is 12.0. The van der Waals surface area contributed by atoms with Crippen molar-refractivity contribution in [3.05, 3.63) is 29.8 Å². The van der Waals surface area contributed by atoms with Gasteiger partial charge >= 0.3 is 0 Å². The van der Waals surface area contributed by atoms with Crippen molar-refractivity contribution >= 4 is 22.7 Å². The smallest absolute Gasteiger partial charge is 0.234 e. The first-order chi connectivity index (χ1) is 10.4. The van der Waals surface area contributed by atoms with Crippen LogP contribution in [-0.2, 0) is 16.0 Å². The van der Waals surface area contributed by atoms with E-state index < -0.39 is 11.2 Å². The van der Waals surface area contributed by atoms with Gasteiger partial charge in [0.25, 0.3) is 0 Å². The van der Waals surface area contributed by atoms with Crippen LogP contribution < -0.4 is 15.6 Å². The Bertz CT molecular complexity index is 587. The standard InChI is InChI=1S/C16H22N2O3S/c1-10(7-14-11(2)8-16(19)18-17-14)13-6-5-12(21-3)9-15(13)22(4)20/h5-7,9,11,14,17H,8H2,1-4H3,(H,18,19)/b10-7+. The number of methoxy groups -OCH3 is 1. The summed E-state index contributed by atoms with van der Waals surface area (Å²) >= 11 is -1.10. The van der Waals surface area contributed by atoms with E-state index in [0.29, 0.717) is 12.2 Å². The summed E-state index contributed by atoms with van der Waals surface area (Å²) in [6.07, 6.45) is 4.23. The van der Waals surface area contributed by atoms with Crippen LogP contribution in [0, 0.1) is 5.92 Å². The molecule has 120 valence electrons. The minimum atomic E-state index is -1.10. The second kappa shape index (κ2) is 7.17. The summed E-state index contributed by atoms with van der Waals surface area (Å²) in [5.74, 6) is 0.908. The van der Waals surface area contributed by atoms with Gasteiger partial charge in [0.1, 0.15) is 12.0 Å². The predicted molar refractivity (Wildman–Crippen MR) is 87.8 cm³/mol. The molecule has 1 saturated heterocycles. The molecule has 22 heavy (non-hydrogen) atoms. The zero-order valence-corrected chi connectivity index (χ0v) is 14.1. The van der Waals surface area contributed by atoms with Gasteiger partial charge in [0.15, 0.2) is 4.90 Å². The van der Waals surface area contributed by atoms with Gasteiger partial charge in [0.05, 0.1) is 7.11 Å². The molecule has 3 unspecified atom stereocenters. The molecule has 0 saturated carbocycles. The van der Waals surface area contributed by atoms with Crippen molar-refractivity contribution in [3.8, 4) is 5.75 Å². The predicted octanol–water partition coefficient (Wildman–Crippen LogP) is 1.87. The highest BCUT2D eigenvalue weighted by Gasteiger charge is 2.24. The molecule has 1 fully saturated rings. The number of carbonyl (C=O) groups is 1. The third-order valence-corrected chi connectivity index (χ3v) is 4.81. The van der Waals surface area contributed by atoms with E-state index in [1.165, 1.54) is 0 Å². The van der Waals surface area contributed by atoms with Crippen molar-refractivity contribution in [2.24, 2.45) is 5.92 Å². The average molecular weight is 322 g/mol. The molecule has 1 aromatic carbocycles. The first kappa shape index (κ1) is 16.9. The molecule has 0 spiro atoms. The molecule has 0 aromatic heterocycles. The second-order valence-electron chi connectivity index (χ2n) is 5.57. The Hall–Kier alpha value is -1.50. The van der Waals surface area contributed by atoms with Crippen LogP contribution in [0.1, 0.15) is 25.8 Å². The summed E-state index contributed by atoms with van der Waals surface area (Å²) in [5, 5.41) is 0. The highest BCUT2D eigenvalue weighted by molar-refractivity contribution is 7.90. The third kappa shape index (κ3) is 3.82. The highest BCUT2D eigenvalue weighted by atomic mass is 32.2. The van der Waals surface area contributed by atoms with Gasteiger partial charge in [-0.1, -0.05) is 13.0 Å². The van der Waals surface area contributed by atoms with Gasteiger partial charge in [-0.2, -0.15) is 0 Å². The van der Waals surface area contributed by atoms with E-state index in [4.69, 9.17) is 4.74 Å². The van der Waals surface area contributed by atoms with Crippen LogP contribution in [0.15, 0.2) is 29.2 Å². The highest BCUT2D eigenvalue weighted by Crippen LogP contribution is 2.28. The van der Waals surface area contributed by atoms with E-state index in [0.717, 1.165) is 16.0 Å². The zero-order chi connectivity index (χ0) is 16.3. The van der Waals surface area contributed by atoms with Gasteiger partial charge in [-0.25, -0.2) is 5.43 Å². The van der Waals surface area contributed by atoms with Crippen molar-refractivity contribution in [1.82, 2.24) is 10.9 Å². The summed E-state index contributed by atoms with van der Waals surface area (Å²) in [5.41, 5.74) is 7.63. The maximum atomic E-state index is 12.0. The fourth-order valence-electron chi connectivity index (χ4n) is 2.53. The first-order valence-corrected chi connectivity index (χ1v) is 8.72. The Morgan fingerprint density at radius 1 is 1.50 bits per heavy atom. The topological polar surface area (TPSA) is 73.4 Å². The molecule has 1 heterocycles. The molecule has 2 N–H and O–H groups in total. The fourth-order valence-corrected chi connectivity index (χ4v) is 3.36. The van der Waals surface area contributed by atoms with Gasteiger partial charge in [-0.05, 0) is 41.7 Å². The van der Waals surface area contributed by atoms with Gasteiger partial charge in [0.2, 0.25) is 5.91 Å². The molecule has 1 aromatic rings. The van der Waals surface area contributed by atoms with E-state index in [1.54, 1.807) is 13.4 Å². The third-order valence-electron chi connectivity index (χ3n) is 3.85. The Morgan fingerprint density at radius 2 is 2.23 bits per heavy atom. The minimum absolute atomic E-state index is 0.00889. The minimum Gasteiger partial charge on any atom is -0.612 e. The monoisotopic (exact) mass is 322 g/mol. The van der Waals surface area contributed by atoms with Crippen molar-refractivity contribution in [1.29, 1.82) is 0 Å². The Balaban J connectivity index is 2.30. The second-order valence-corrected chi connectivity index (χ2v) is 6.91. The maximum Gasteiger partial charge on any atom is 0.234 e. The van der Waals surface area contributed by atoms with Crippen LogP contribution in [0.3, 0.4) is 0 Å². The summed E-state index contributed by atoms with van der Waals surface area (Å²) in [7, 11) is 1.59. The number of allylic oxidation sites excluding steroid dienone is 1. The van der Waals surface area contributed by atoms with Crippen LogP contribution in [0.4, 0.5) is 0 Å². The molecule has 3 atom stereocenters. The number of hydrazine groups is 1. The molecule has 0 bridgehead atoms. The molecule has 6 heteroatoms. The summed E-state index contributed by atoms with van der Waals surface area (Å²) in [6.45, 7) is 4.02. The van der Waals surface area contributed by atoms with Gasteiger partial charge < -0.3 is 9.29 Å². The Morgan fingerprint density at radius 3 is 2.82 bits per heavy atom. The van der Waals surface area contributed by atoms with Crippen LogP contribution in [0.25, 0.3) is 5.57 Å². The van der Waals surface area contributed by atoms with Crippen molar-refractivity contribution in [2.75, 3.05) is 13.4 Å². The van der Waals surface area contributed by atoms with E-state index in [-0.39, 0.29) is 17.9 Å². The number of rotatable bonds is 4. The van der Waals surface area contributed by atoms with Crippen molar-refractivity contribution < 1.29 is 14.1 Å². The van der Waals surface area contributed by atoms with Crippen LogP contribution >= 0.6 is 0 Å². The van der Waals surface area contributed by atoms with Crippen molar-refractivity contribution in [2.45, 2.75) is 31.2 Å². The molecule has 0 aliphatic carbocycles. The summed E-state index contributed by atoms with van der Waals surface area (Å²) in [4.78, 5) is 12.1. The molecule has 1 amide bonds. The van der Waals surface area contributed by atoms with Crippen LogP contribution in [-0.4, -0.2) is 29.9 Å². The van der Waals surface area contributed by atoms with Crippen LogP contribution in [0.5, 0.6) is 5.75 Å². The van der Waals surface area contributed by atoms with Gasteiger partial charge in [-0.15, -0.1) is 0 Å². The average Bonchev–Trinajstić information content (AvgIpc) is 2.49. The molecule has 5 nitrogen and oxygen atoms in total. The molecule has 1 aliphatic rings. The van der Waals surface area contributed by atoms with Crippen molar-refractivity contribution in [3.63, 3.8) is 0 Å². The molecule has 2 rings (SSSR count). The van der Waals surface area contributed by atoms with Gasteiger partial charge in [0, 0.05) is 24.1 Å². The van der Waals surface area contributed by atoms with E-state index in [9.17, 15) is 9.35 Å². The molecule has 1 aliphatic heterocycles. The lowest BCUT2D eigenvalue weighted by atomic mass is 9.93. The van der Waals surface area contributed by atoms with Gasteiger partial charge in [-0.3, -0.25) is 10.2 Å². The largest absolute Gasteiger partial charge is 0.612 e. The summed E-state index contributed by atoms with van der Waals surface area (Å²) in [6, 6.07) is 5.65. The summed E-state index contributed by atoms with van der Waals surface area (Å²) < 4.78 is 17.2. The molecular formula is C16H22N2O3S. The SMILES string of the molecule is COc1ccc(/C(C)=C/C2NNC(=O)CC2C)c([S+](C)[O-])c1. The Labute approximate surface area is 134 Å². The quantitative estimate of drug-likeness (QED) is 0.830. The van der Waals surface area contributed by atoms with E-state index in [2.05, 4.69) is 16.9 Å². The lowest BCUT2D eigenvalue weighted by Gasteiger charge is -2.28. The number of ether oxygens (including phenoxy) is 1. The molecular weight excluding hydrogens is 300 g/mol.